The Hall–Kier alpha value is -1.03. The van der Waals surface area contributed by atoms with Crippen LogP contribution < -0.4 is 5.32 Å². The lowest BCUT2D eigenvalue weighted by molar-refractivity contribution is 0.496. The number of hydrogen-bond acceptors (Lipinski definition) is 2. The first kappa shape index (κ1) is 13.9. The maximum atomic E-state index is 13.8. The molecular weight excluding hydrogens is 293 g/mol. The van der Waals surface area contributed by atoms with Gasteiger partial charge in [-0.2, -0.15) is 0 Å². The zero-order valence-electron chi connectivity index (χ0n) is 10.9. The molecule has 0 saturated carbocycles. The maximum absolute atomic E-state index is 13.8. The Morgan fingerprint density at radius 2 is 2.10 bits per heavy atom. The van der Waals surface area contributed by atoms with Crippen molar-refractivity contribution in [2.75, 3.05) is 5.75 Å². The van der Waals surface area contributed by atoms with E-state index in [9.17, 15) is 4.39 Å². The first-order valence-electron chi connectivity index (χ1n) is 6.63. The van der Waals surface area contributed by atoms with Gasteiger partial charge in [-0.1, -0.05) is 35.9 Å². The minimum Gasteiger partial charge on any atom is -0.306 e. The van der Waals surface area contributed by atoms with Crippen LogP contribution in [0.25, 0.3) is 0 Å². The molecule has 0 radical (unpaired) electrons. The van der Waals surface area contributed by atoms with E-state index in [1.165, 1.54) is 6.07 Å². The van der Waals surface area contributed by atoms with Gasteiger partial charge in [0.2, 0.25) is 0 Å². The monoisotopic (exact) mass is 307 g/mol. The van der Waals surface area contributed by atoms with E-state index in [1.54, 1.807) is 17.8 Å². The molecule has 3 rings (SSSR count). The Morgan fingerprint density at radius 1 is 1.25 bits per heavy atom. The fourth-order valence-corrected chi connectivity index (χ4v) is 3.84. The van der Waals surface area contributed by atoms with Crippen LogP contribution in [0, 0.1) is 5.82 Å². The van der Waals surface area contributed by atoms with Gasteiger partial charge in [-0.15, -0.1) is 11.8 Å². The Bertz CT molecular complexity index is 617. The average Bonchev–Trinajstić information content (AvgIpc) is 2.46. The molecule has 0 aliphatic carbocycles. The highest BCUT2D eigenvalue weighted by Gasteiger charge is 2.22. The Kier molecular flexibility index (Phi) is 4.29. The highest BCUT2D eigenvalue weighted by atomic mass is 35.5. The summed E-state index contributed by atoms with van der Waals surface area (Å²) >= 11 is 7.59. The summed E-state index contributed by atoms with van der Waals surface area (Å²) in [7, 11) is 0. The third-order valence-corrected chi connectivity index (χ3v) is 4.86. The van der Waals surface area contributed by atoms with Crippen molar-refractivity contribution in [3.05, 3.63) is 64.4 Å². The summed E-state index contributed by atoms with van der Waals surface area (Å²) in [5.41, 5.74) is 2.22. The quantitative estimate of drug-likeness (QED) is 0.873. The molecule has 20 heavy (non-hydrogen) atoms. The van der Waals surface area contributed by atoms with E-state index in [4.69, 9.17) is 11.6 Å². The number of halogens is 2. The van der Waals surface area contributed by atoms with Crippen molar-refractivity contribution in [3.8, 4) is 0 Å². The number of fused-ring (bicyclic) bond motifs is 1. The van der Waals surface area contributed by atoms with E-state index >= 15 is 0 Å². The van der Waals surface area contributed by atoms with Crippen molar-refractivity contribution in [1.29, 1.82) is 0 Å². The second kappa shape index (κ2) is 6.17. The van der Waals surface area contributed by atoms with Crippen molar-refractivity contribution >= 4 is 23.4 Å². The highest BCUT2D eigenvalue weighted by molar-refractivity contribution is 7.99. The zero-order chi connectivity index (χ0) is 13.9. The van der Waals surface area contributed by atoms with Crippen molar-refractivity contribution in [2.24, 2.45) is 0 Å². The summed E-state index contributed by atoms with van der Waals surface area (Å²) < 4.78 is 13.8. The smallest absolute Gasteiger partial charge is 0.137 e. The van der Waals surface area contributed by atoms with Crippen molar-refractivity contribution < 1.29 is 4.39 Å². The molecule has 0 amide bonds. The van der Waals surface area contributed by atoms with Gasteiger partial charge in [0.05, 0.1) is 0 Å². The van der Waals surface area contributed by atoms with Crippen LogP contribution in [0.15, 0.2) is 47.4 Å². The molecule has 0 fully saturated rings. The summed E-state index contributed by atoms with van der Waals surface area (Å²) in [5.74, 6) is 0.836. The summed E-state index contributed by atoms with van der Waals surface area (Å²) in [6, 6.07) is 13.4. The predicted molar refractivity (Wildman–Crippen MR) is 82.8 cm³/mol. The summed E-state index contributed by atoms with van der Waals surface area (Å²) in [6.07, 6.45) is 1.02. The third-order valence-electron chi connectivity index (χ3n) is 3.47. The van der Waals surface area contributed by atoms with Crippen molar-refractivity contribution in [2.45, 2.75) is 23.9 Å². The molecule has 0 aromatic heterocycles. The van der Waals surface area contributed by atoms with E-state index in [1.807, 2.05) is 30.3 Å². The second-order valence-corrected chi connectivity index (χ2v) is 6.40. The Balaban J connectivity index is 1.75. The van der Waals surface area contributed by atoms with E-state index in [0.717, 1.165) is 39.8 Å². The van der Waals surface area contributed by atoms with Crippen LogP contribution in [0.2, 0.25) is 5.02 Å². The standard InChI is InChI=1S/C16H15ClFNS/c17-12-4-1-3-11(9-12)10-19-15-7-8-20-16-13(15)5-2-6-14(16)18/h1-6,9,15,19H,7-8,10H2. The first-order valence-corrected chi connectivity index (χ1v) is 7.99. The SMILES string of the molecule is Fc1cccc2c1SCCC2NCc1cccc(Cl)c1. The molecule has 1 aliphatic rings. The molecule has 0 bridgehead atoms. The van der Waals surface area contributed by atoms with Gasteiger partial charge >= 0.3 is 0 Å². The molecule has 1 heterocycles. The van der Waals surface area contributed by atoms with Crippen LogP contribution in [0.4, 0.5) is 4.39 Å². The van der Waals surface area contributed by atoms with Gasteiger partial charge in [0, 0.05) is 22.5 Å². The normalized spacial score (nSPS) is 17.8. The molecule has 0 saturated heterocycles. The van der Waals surface area contributed by atoms with Crippen LogP contribution in [-0.2, 0) is 6.54 Å². The summed E-state index contributed by atoms with van der Waals surface area (Å²) in [6.45, 7) is 0.742. The summed E-state index contributed by atoms with van der Waals surface area (Å²) in [5, 5.41) is 4.26. The second-order valence-electron chi connectivity index (χ2n) is 4.86. The number of nitrogens with one attached hydrogen (secondary N) is 1. The van der Waals surface area contributed by atoms with E-state index < -0.39 is 0 Å². The maximum Gasteiger partial charge on any atom is 0.137 e. The molecule has 1 aliphatic heterocycles. The van der Waals surface area contributed by atoms with Crippen LogP contribution >= 0.6 is 23.4 Å². The molecular formula is C16H15ClFNS. The molecule has 1 atom stereocenters. The molecule has 1 unspecified atom stereocenters. The largest absolute Gasteiger partial charge is 0.306 e. The molecule has 1 nitrogen and oxygen atoms in total. The van der Waals surface area contributed by atoms with Gasteiger partial charge in [-0.05, 0) is 41.5 Å². The van der Waals surface area contributed by atoms with Gasteiger partial charge in [-0.3, -0.25) is 0 Å². The highest BCUT2D eigenvalue weighted by Crippen LogP contribution is 2.37. The topological polar surface area (TPSA) is 12.0 Å². The number of hydrogen-bond donors (Lipinski definition) is 1. The fourth-order valence-electron chi connectivity index (χ4n) is 2.49. The lowest BCUT2D eigenvalue weighted by atomic mass is 10.0. The van der Waals surface area contributed by atoms with Gasteiger partial charge in [0.1, 0.15) is 5.82 Å². The van der Waals surface area contributed by atoms with Gasteiger partial charge in [0.15, 0.2) is 0 Å². The molecule has 2 aromatic rings. The minimum atomic E-state index is -0.109. The van der Waals surface area contributed by atoms with Gasteiger partial charge < -0.3 is 5.32 Å². The van der Waals surface area contributed by atoms with E-state index in [2.05, 4.69) is 5.32 Å². The van der Waals surface area contributed by atoms with Crippen molar-refractivity contribution in [3.63, 3.8) is 0 Å². The van der Waals surface area contributed by atoms with Crippen LogP contribution in [0.1, 0.15) is 23.6 Å². The molecule has 0 spiro atoms. The summed E-state index contributed by atoms with van der Waals surface area (Å²) in [4.78, 5) is 0.794. The molecule has 4 heteroatoms. The van der Waals surface area contributed by atoms with Crippen LogP contribution in [0.3, 0.4) is 0 Å². The number of thioether (sulfide) groups is 1. The van der Waals surface area contributed by atoms with Crippen LogP contribution in [-0.4, -0.2) is 5.75 Å². The average molecular weight is 308 g/mol. The Morgan fingerprint density at radius 3 is 2.95 bits per heavy atom. The lowest BCUT2D eigenvalue weighted by Gasteiger charge is -2.26. The molecule has 1 N–H and O–H groups in total. The van der Waals surface area contributed by atoms with Crippen LogP contribution in [0.5, 0.6) is 0 Å². The fraction of sp³-hybridized carbons (Fsp3) is 0.250. The van der Waals surface area contributed by atoms with Crippen molar-refractivity contribution in [1.82, 2.24) is 5.32 Å². The van der Waals surface area contributed by atoms with E-state index in [0.29, 0.717) is 0 Å². The Labute approximate surface area is 127 Å². The number of benzene rings is 2. The van der Waals surface area contributed by atoms with Gasteiger partial charge in [-0.25, -0.2) is 4.39 Å². The zero-order valence-corrected chi connectivity index (χ0v) is 12.5. The third kappa shape index (κ3) is 3.00. The van der Waals surface area contributed by atoms with Gasteiger partial charge in [0.25, 0.3) is 0 Å². The predicted octanol–water partition coefficient (Wildman–Crippen LogP) is 4.81. The van der Waals surface area contributed by atoms with E-state index in [-0.39, 0.29) is 11.9 Å². The lowest BCUT2D eigenvalue weighted by Crippen LogP contribution is -2.24. The molecule has 2 aromatic carbocycles. The minimum absolute atomic E-state index is 0.109. The number of rotatable bonds is 3. The molecule has 104 valence electrons. The first-order chi connectivity index (χ1) is 9.74.